The van der Waals surface area contributed by atoms with Gasteiger partial charge in [0.25, 0.3) is 0 Å². The molecule has 0 atom stereocenters. The summed E-state index contributed by atoms with van der Waals surface area (Å²) in [7, 11) is 0. The Labute approximate surface area is 79.8 Å². The van der Waals surface area contributed by atoms with Crippen LogP contribution >= 0.6 is 0 Å². The number of Topliss-reactive ketones (excluding diaryl/α,β-unsaturated/α-hetero) is 1. The number of ketones is 1. The van der Waals surface area contributed by atoms with Crippen LogP contribution in [-0.4, -0.2) is 5.78 Å². The zero-order valence-corrected chi connectivity index (χ0v) is 8.55. The van der Waals surface area contributed by atoms with Crippen LogP contribution in [-0.2, 0) is 4.79 Å². The van der Waals surface area contributed by atoms with Gasteiger partial charge in [0.15, 0.2) is 5.78 Å². The van der Waals surface area contributed by atoms with Crippen molar-refractivity contribution < 1.29 is 4.79 Å². The topological polar surface area (TPSA) is 17.1 Å². The number of hydrogen-bond donors (Lipinski definition) is 0. The molecule has 0 fully saturated rings. The van der Waals surface area contributed by atoms with Crippen LogP contribution in [0.15, 0.2) is 35.5 Å². The number of rotatable bonds is 2. The molecule has 0 aromatic heterocycles. The van der Waals surface area contributed by atoms with Gasteiger partial charge in [-0.2, -0.15) is 0 Å². The molecule has 0 spiro atoms. The van der Waals surface area contributed by atoms with Crippen LogP contribution in [0.5, 0.6) is 0 Å². The van der Waals surface area contributed by atoms with Crippen molar-refractivity contribution in [1.82, 2.24) is 0 Å². The first kappa shape index (κ1) is 9.97. The molecule has 1 aliphatic rings. The highest BCUT2D eigenvalue weighted by Crippen LogP contribution is 2.25. The quantitative estimate of drug-likeness (QED) is 0.632. The van der Waals surface area contributed by atoms with Crippen LogP contribution < -0.4 is 0 Å². The Balaban J connectivity index is 3.09. The van der Waals surface area contributed by atoms with E-state index in [1.807, 2.05) is 32.9 Å². The third kappa shape index (κ3) is 1.97. The minimum atomic E-state index is 0.262. The SMILES string of the molecule is C=CC1=C(C)CC(=O)C(C(C)C)=C1. The molecule has 0 saturated heterocycles. The fourth-order valence-electron chi connectivity index (χ4n) is 1.54. The van der Waals surface area contributed by atoms with Crippen LogP contribution in [0.1, 0.15) is 27.2 Å². The van der Waals surface area contributed by atoms with Gasteiger partial charge in [-0.25, -0.2) is 0 Å². The Hall–Kier alpha value is -1.11. The van der Waals surface area contributed by atoms with Crippen molar-refractivity contribution in [3.63, 3.8) is 0 Å². The van der Waals surface area contributed by atoms with Gasteiger partial charge < -0.3 is 0 Å². The third-order valence-electron chi connectivity index (χ3n) is 2.39. The molecule has 1 nitrogen and oxygen atoms in total. The molecule has 0 amide bonds. The van der Waals surface area contributed by atoms with Crippen molar-refractivity contribution in [2.24, 2.45) is 5.92 Å². The van der Waals surface area contributed by atoms with Crippen LogP contribution in [0, 0.1) is 5.92 Å². The molecular formula is C12H16O. The minimum absolute atomic E-state index is 0.262. The van der Waals surface area contributed by atoms with Crippen molar-refractivity contribution in [2.75, 3.05) is 0 Å². The predicted octanol–water partition coefficient (Wildman–Crippen LogP) is 3.04. The second-order valence-corrected chi connectivity index (χ2v) is 3.79. The molecule has 0 radical (unpaired) electrons. The number of carbonyl (C=O) groups excluding carboxylic acids is 1. The van der Waals surface area contributed by atoms with Crippen LogP contribution in [0.2, 0.25) is 0 Å². The lowest BCUT2D eigenvalue weighted by Crippen LogP contribution is -2.13. The molecule has 13 heavy (non-hydrogen) atoms. The Morgan fingerprint density at radius 3 is 2.62 bits per heavy atom. The van der Waals surface area contributed by atoms with Crippen LogP contribution in [0.3, 0.4) is 0 Å². The maximum atomic E-state index is 11.6. The summed E-state index contributed by atoms with van der Waals surface area (Å²) in [6.45, 7) is 9.82. The lowest BCUT2D eigenvalue weighted by atomic mass is 9.87. The highest BCUT2D eigenvalue weighted by atomic mass is 16.1. The Morgan fingerprint density at radius 1 is 1.54 bits per heavy atom. The summed E-state index contributed by atoms with van der Waals surface area (Å²) in [5.41, 5.74) is 3.17. The van der Waals surface area contributed by atoms with Gasteiger partial charge in [-0.05, 0) is 30.1 Å². The minimum Gasteiger partial charge on any atom is -0.294 e. The molecule has 1 heteroatoms. The molecule has 0 unspecified atom stereocenters. The fraction of sp³-hybridized carbons (Fsp3) is 0.417. The van der Waals surface area contributed by atoms with E-state index in [4.69, 9.17) is 0 Å². The average Bonchev–Trinajstić information content (AvgIpc) is 2.03. The van der Waals surface area contributed by atoms with Gasteiger partial charge in [0, 0.05) is 6.42 Å². The Morgan fingerprint density at radius 2 is 2.15 bits per heavy atom. The van der Waals surface area contributed by atoms with Crippen LogP contribution in [0.25, 0.3) is 0 Å². The van der Waals surface area contributed by atoms with E-state index in [1.54, 1.807) is 0 Å². The van der Waals surface area contributed by atoms with Gasteiger partial charge in [0.05, 0.1) is 0 Å². The van der Waals surface area contributed by atoms with Crippen molar-refractivity contribution in [3.05, 3.63) is 35.5 Å². The highest BCUT2D eigenvalue weighted by molar-refractivity contribution is 5.99. The summed E-state index contributed by atoms with van der Waals surface area (Å²) in [5, 5.41) is 0. The van der Waals surface area contributed by atoms with Gasteiger partial charge in [-0.15, -0.1) is 0 Å². The van der Waals surface area contributed by atoms with E-state index < -0.39 is 0 Å². The molecule has 1 aliphatic carbocycles. The maximum Gasteiger partial charge on any atom is 0.163 e. The third-order valence-corrected chi connectivity index (χ3v) is 2.39. The van der Waals surface area contributed by atoms with E-state index in [0.717, 1.165) is 16.7 Å². The van der Waals surface area contributed by atoms with Gasteiger partial charge in [0.2, 0.25) is 0 Å². The molecule has 0 bridgehead atoms. The van der Waals surface area contributed by atoms with E-state index in [2.05, 4.69) is 6.58 Å². The first-order valence-corrected chi connectivity index (χ1v) is 4.63. The van der Waals surface area contributed by atoms with Crippen LogP contribution in [0.4, 0.5) is 0 Å². The first-order valence-electron chi connectivity index (χ1n) is 4.63. The molecule has 70 valence electrons. The van der Waals surface area contributed by atoms with Gasteiger partial charge >= 0.3 is 0 Å². The molecule has 0 aliphatic heterocycles. The van der Waals surface area contributed by atoms with Crippen molar-refractivity contribution in [2.45, 2.75) is 27.2 Å². The van der Waals surface area contributed by atoms with Crippen molar-refractivity contribution in [3.8, 4) is 0 Å². The second-order valence-electron chi connectivity index (χ2n) is 3.79. The monoisotopic (exact) mass is 176 g/mol. The summed E-state index contributed by atoms with van der Waals surface area (Å²) in [6, 6.07) is 0. The van der Waals surface area contributed by atoms with E-state index in [9.17, 15) is 4.79 Å². The standard InChI is InChI=1S/C12H16O/c1-5-10-7-11(8(2)3)12(13)6-9(10)4/h5,7-8H,1,6H2,2-4H3. The lowest BCUT2D eigenvalue weighted by Gasteiger charge is -2.17. The molecule has 0 heterocycles. The van der Waals surface area contributed by atoms with E-state index in [1.165, 1.54) is 0 Å². The smallest absolute Gasteiger partial charge is 0.163 e. The Bertz CT molecular complexity index is 303. The van der Waals surface area contributed by atoms with Gasteiger partial charge in [0.1, 0.15) is 0 Å². The largest absolute Gasteiger partial charge is 0.294 e. The van der Waals surface area contributed by atoms with Crippen molar-refractivity contribution in [1.29, 1.82) is 0 Å². The summed E-state index contributed by atoms with van der Waals surface area (Å²) in [4.78, 5) is 11.6. The number of hydrogen-bond acceptors (Lipinski definition) is 1. The first-order chi connectivity index (χ1) is 6.06. The average molecular weight is 176 g/mol. The molecule has 1 rings (SSSR count). The van der Waals surface area contributed by atoms with E-state index >= 15 is 0 Å². The Kier molecular flexibility index (Phi) is 2.86. The summed E-state index contributed by atoms with van der Waals surface area (Å²) < 4.78 is 0. The highest BCUT2D eigenvalue weighted by Gasteiger charge is 2.18. The fourth-order valence-corrected chi connectivity index (χ4v) is 1.54. The van der Waals surface area contributed by atoms with Gasteiger partial charge in [-0.3, -0.25) is 4.79 Å². The normalized spacial score (nSPS) is 17.8. The number of carbonyl (C=O) groups is 1. The molecule has 0 aromatic carbocycles. The van der Waals surface area contributed by atoms with E-state index in [-0.39, 0.29) is 5.78 Å². The lowest BCUT2D eigenvalue weighted by molar-refractivity contribution is -0.115. The predicted molar refractivity (Wildman–Crippen MR) is 55.4 cm³/mol. The molecule has 0 N–H and O–H groups in total. The van der Waals surface area contributed by atoms with Gasteiger partial charge in [-0.1, -0.05) is 32.1 Å². The summed E-state index contributed by atoms with van der Waals surface area (Å²) in [6.07, 6.45) is 4.36. The number of allylic oxidation sites excluding steroid dienone is 5. The summed E-state index contributed by atoms with van der Waals surface area (Å²) >= 11 is 0. The molecule has 0 aromatic rings. The van der Waals surface area contributed by atoms with E-state index in [0.29, 0.717) is 12.3 Å². The second kappa shape index (κ2) is 3.73. The maximum absolute atomic E-state index is 11.6. The van der Waals surface area contributed by atoms with Crippen molar-refractivity contribution >= 4 is 5.78 Å². The zero-order valence-electron chi connectivity index (χ0n) is 8.55. The summed E-state index contributed by atoms with van der Waals surface area (Å²) in [5.74, 6) is 0.577. The molecule has 0 saturated carbocycles. The zero-order chi connectivity index (χ0) is 10.0. The molecular weight excluding hydrogens is 160 g/mol.